The molecule has 1 aromatic rings. The van der Waals surface area contributed by atoms with Crippen LogP contribution in [0.15, 0.2) is 18.2 Å². The van der Waals surface area contributed by atoms with Crippen molar-refractivity contribution in [3.8, 4) is 0 Å². The SMILES string of the molecule is CCC1CCC(C)N1c1cc(Cl)ccc1CNC(C)C. The van der Waals surface area contributed by atoms with Gasteiger partial charge in [-0.3, -0.25) is 0 Å². The molecule has 0 aliphatic carbocycles. The molecule has 0 bridgehead atoms. The van der Waals surface area contributed by atoms with E-state index < -0.39 is 0 Å². The van der Waals surface area contributed by atoms with E-state index >= 15 is 0 Å². The Balaban J connectivity index is 2.30. The van der Waals surface area contributed by atoms with E-state index in [1.807, 2.05) is 6.07 Å². The number of anilines is 1. The van der Waals surface area contributed by atoms with Gasteiger partial charge in [-0.05, 0) is 43.9 Å². The van der Waals surface area contributed by atoms with Gasteiger partial charge in [-0.25, -0.2) is 0 Å². The molecule has 0 spiro atoms. The van der Waals surface area contributed by atoms with Crippen molar-refractivity contribution in [2.75, 3.05) is 4.90 Å². The Kier molecular flexibility index (Phi) is 5.34. The Labute approximate surface area is 128 Å². The molecule has 0 radical (unpaired) electrons. The van der Waals surface area contributed by atoms with Crippen LogP contribution >= 0.6 is 11.6 Å². The van der Waals surface area contributed by atoms with Crippen LogP contribution in [0, 0.1) is 0 Å². The molecule has 1 aliphatic heterocycles. The first-order valence-electron chi connectivity index (χ1n) is 7.83. The molecule has 112 valence electrons. The van der Waals surface area contributed by atoms with Gasteiger partial charge in [0.25, 0.3) is 0 Å². The molecule has 1 saturated heterocycles. The maximum absolute atomic E-state index is 6.25. The van der Waals surface area contributed by atoms with E-state index in [1.165, 1.54) is 30.5 Å². The van der Waals surface area contributed by atoms with Crippen LogP contribution in [0.5, 0.6) is 0 Å². The minimum Gasteiger partial charge on any atom is -0.366 e. The summed E-state index contributed by atoms with van der Waals surface area (Å²) < 4.78 is 0. The van der Waals surface area contributed by atoms with E-state index in [-0.39, 0.29) is 0 Å². The Morgan fingerprint density at radius 3 is 2.75 bits per heavy atom. The predicted octanol–water partition coefficient (Wildman–Crippen LogP) is 4.61. The summed E-state index contributed by atoms with van der Waals surface area (Å²) in [6, 6.07) is 8.08. The molecule has 1 N–H and O–H groups in total. The van der Waals surface area contributed by atoms with Crippen LogP contribution in [-0.2, 0) is 6.54 Å². The van der Waals surface area contributed by atoms with Crippen LogP contribution < -0.4 is 10.2 Å². The van der Waals surface area contributed by atoms with Crippen LogP contribution in [0.25, 0.3) is 0 Å². The minimum atomic E-state index is 0.497. The van der Waals surface area contributed by atoms with Gasteiger partial charge in [0.05, 0.1) is 0 Å². The second-order valence-electron chi connectivity index (χ2n) is 6.20. The fourth-order valence-electron chi connectivity index (χ4n) is 3.15. The minimum absolute atomic E-state index is 0.497. The summed E-state index contributed by atoms with van der Waals surface area (Å²) in [5.74, 6) is 0. The lowest BCUT2D eigenvalue weighted by Crippen LogP contribution is -2.35. The number of nitrogens with one attached hydrogen (secondary N) is 1. The van der Waals surface area contributed by atoms with Gasteiger partial charge in [-0.1, -0.05) is 38.4 Å². The summed E-state index contributed by atoms with van der Waals surface area (Å²) in [7, 11) is 0. The van der Waals surface area contributed by atoms with Crippen molar-refractivity contribution in [2.24, 2.45) is 0 Å². The zero-order valence-electron chi connectivity index (χ0n) is 13.1. The monoisotopic (exact) mass is 294 g/mol. The molecule has 0 aromatic heterocycles. The molecule has 3 heteroatoms. The van der Waals surface area contributed by atoms with Gasteiger partial charge in [0.15, 0.2) is 0 Å². The normalized spacial score (nSPS) is 22.8. The molecular formula is C17H27ClN2. The van der Waals surface area contributed by atoms with Gasteiger partial charge >= 0.3 is 0 Å². The first-order valence-corrected chi connectivity index (χ1v) is 8.20. The Hall–Kier alpha value is -0.730. The fourth-order valence-corrected chi connectivity index (χ4v) is 3.31. The third-order valence-corrected chi connectivity index (χ3v) is 4.52. The van der Waals surface area contributed by atoms with Crippen LogP contribution in [0.4, 0.5) is 5.69 Å². The summed E-state index contributed by atoms with van der Waals surface area (Å²) in [6.07, 6.45) is 3.78. The second-order valence-corrected chi connectivity index (χ2v) is 6.64. The van der Waals surface area contributed by atoms with E-state index in [4.69, 9.17) is 11.6 Å². The smallest absolute Gasteiger partial charge is 0.0431 e. The van der Waals surface area contributed by atoms with Crippen LogP contribution in [0.3, 0.4) is 0 Å². The van der Waals surface area contributed by atoms with Crippen molar-refractivity contribution in [2.45, 2.75) is 71.6 Å². The summed E-state index contributed by atoms with van der Waals surface area (Å²) in [5.41, 5.74) is 2.68. The molecule has 1 heterocycles. The third-order valence-electron chi connectivity index (χ3n) is 4.28. The molecule has 0 saturated carbocycles. The lowest BCUT2D eigenvalue weighted by Gasteiger charge is -2.32. The second kappa shape index (κ2) is 6.82. The first kappa shape index (κ1) is 15.7. The lowest BCUT2D eigenvalue weighted by atomic mass is 10.1. The largest absolute Gasteiger partial charge is 0.366 e. The highest BCUT2D eigenvalue weighted by Gasteiger charge is 2.30. The third kappa shape index (κ3) is 3.48. The highest BCUT2D eigenvalue weighted by atomic mass is 35.5. The lowest BCUT2D eigenvalue weighted by molar-refractivity contribution is 0.581. The van der Waals surface area contributed by atoms with Crippen molar-refractivity contribution in [1.82, 2.24) is 5.32 Å². The molecule has 2 rings (SSSR count). The van der Waals surface area contributed by atoms with E-state index in [1.54, 1.807) is 0 Å². The zero-order valence-corrected chi connectivity index (χ0v) is 13.9. The topological polar surface area (TPSA) is 15.3 Å². The molecular weight excluding hydrogens is 268 g/mol. The van der Waals surface area contributed by atoms with Crippen LogP contribution in [0.2, 0.25) is 5.02 Å². The number of halogens is 1. The summed E-state index contributed by atoms with van der Waals surface area (Å²) in [4.78, 5) is 2.59. The number of hydrogen-bond acceptors (Lipinski definition) is 2. The molecule has 2 atom stereocenters. The van der Waals surface area contributed by atoms with Gasteiger partial charge < -0.3 is 10.2 Å². The van der Waals surface area contributed by atoms with Gasteiger partial charge in [-0.2, -0.15) is 0 Å². The van der Waals surface area contributed by atoms with Gasteiger partial charge in [-0.15, -0.1) is 0 Å². The van der Waals surface area contributed by atoms with Gasteiger partial charge in [0.1, 0.15) is 0 Å². The Morgan fingerprint density at radius 2 is 2.10 bits per heavy atom. The van der Waals surface area contributed by atoms with Crippen molar-refractivity contribution in [3.63, 3.8) is 0 Å². The fraction of sp³-hybridized carbons (Fsp3) is 0.647. The summed E-state index contributed by atoms with van der Waals surface area (Å²) >= 11 is 6.25. The van der Waals surface area contributed by atoms with Crippen molar-refractivity contribution < 1.29 is 0 Å². The predicted molar refractivity (Wildman–Crippen MR) is 88.7 cm³/mol. The highest BCUT2D eigenvalue weighted by Crippen LogP contribution is 2.35. The standard InChI is InChI=1S/C17H27ClN2/c1-5-16-9-6-13(4)20(16)17-10-15(18)8-7-14(17)11-19-12(2)3/h7-8,10,12-13,16,19H,5-6,9,11H2,1-4H3. The average Bonchev–Trinajstić information content (AvgIpc) is 2.78. The number of hydrogen-bond donors (Lipinski definition) is 1. The van der Waals surface area contributed by atoms with Crippen molar-refractivity contribution in [3.05, 3.63) is 28.8 Å². The molecule has 0 amide bonds. The van der Waals surface area contributed by atoms with Crippen molar-refractivity contribution >= 4 is 17.3 Å². The van der Waals surface area contributed by atoms with E-state index in [2.05, 4.69) is 50.0 Å². The quantitative estimate of drug-likeness (QED) is 0.853. The summed E-state index contributed by atoms with van der Waals surface area (Å²) in [5, 5.41) is 4.36. The first-order chi connectivity index (χ1) is 9.52. The summed E-state index contributed by atoms with van der Waals surface area (Å²) in [6.45, 7) is 9.89. The van der Waals surface area contributed by atoms with Crippen molar-refractivity contribution in [1.29, 1.82) is 0 Å². The maximum atomic E-state index is 6.25. The maximum Gasteiger partial charge on any atom is 0.0431 e. The number of nitrogens with zero attached hydrogens (tertiary/aromatic N) is 1. The molecule has 1 fully saturated rings. The number of benzene rings is 1. The Bertz CT molecular complexity index is 445. The van der Waals surface area contributed by atoms with Gasteiger partial charge in [0.2, 0.25) is 0 Å². The molecule has 2 nitrogen and oxygen atoms in total. The molecule has 20 heavy (non-hydrogen) atoms. The van der Waals surface area contributed by atoms with Crippen LogP contribution in [-0.4, -0.2) is 18.1 Å². The van der Waals surface area contributed by atoms with E-state index in [0.717, 1.165) is 11.6 Å². The van der Waals surface area contributed by atoms with E-state index in [9.17, 15) is 0 Å². The molecule has 1 aliphatic rings. The molecule has 1 aromatic carbocycles. The van der Waals surface area contributed by atoms with E-state index in [0.29, 0.717) is 18.1 Å². The van der Waals surface area contributed by atoms with Gasteiger partial charge in [0, 0.05) is 35.4 Å². The number of rotatable bonds is 5. The molecule has 2 unspecified atom stereocenters. The Morgan fingerprint density at radius 1 is 1.35 bits per heavy atom. The zero-order chi connectivity index (χ0) is 14.7. The van der Waals surface area contributed by atoms with Crippen LogP contribution in [0.1, 0.15) is 52.5 Å². The average molecular weight is 295 g/mol. The highest BCUT2D eigenvalue weighted by molar-refractivity contribution is 6.30.